The molecule has 4 aromatic rings. The van der Waals surface area contributed by atoms with Crippen LogP contribution in [0.2, 0.25) is 5.15 Å². The normalized spacial score (nSPS) is 14.9. The number of carbonyl (C=O) groups excluding carboxylic acids is 1. The van der Waals surface area contributed by atoms with E-state index in [0.717, 1.165) is 47.3 Å². The first-order valence-corrected chi connectivity index (χ1v) is 12.1. The first-order chi connectivity index (χ1) is 16.7. The Hall–Kier alpha value is -3.51. The maximum atomic E-state index is 12.5. The van der Waals surface area contributed by atoms with Crippen molar-refractivity contribution in [3.63, 3.8) is 0 Å². The fraction of sp³-hybridized carbons (Fsp3) is 0.286. The van der Waals surface area contributed by atoms with Crippen molar-refractivity contribution in [3.05, 3.63) is 77.4 Å². The first kappa shape index (κ1) is 23.2. The Morgan fingerprint density at radius 1 is 0.886 bits per heavy atom. The molecular weight excluding hydrogens is 460 g/mol. The molecule has 7 heteroatoms. The number of pyridine rings is 1. The lowest BCUT2D eigenvalue weighted by molar-refractivity contribution is 0.0377. The van der Waals surface area contributed by atoms with Crippen molar-refractivity contribution in [2.24, 2.45) is 0 Å². The van der Waals surface area contributed by atoms with Crippen LogP contribution in [0.4, 0.5) is 4.79 Å². The van der Waals surface area contributed by atoms with Crippen LogP contribution in [0.15, 0.2) is 66.7 Å². The number of ether oxygens (including phenoxy) is 1. The third kappa shape index (κ3) is 4.84. The maximum absolute atomic E-state index is 12.5. The van der Waals surface area contributed by atoms with Crippen molar-refractivity contribution in [3.8, 4) is 22.5 Å². The molecule has 1 N–H and O–H groups in total. The summed E-state index contributed by atoms with van der Waals surface area (Å²) in [5, 5.41) is 3.49. The molecule has 0 atom stereocenters. The monoisotopic (exact) mass is 486 g/mol. The van der Waals surface area contributed by atoms with Gasteiger partial charge in [-0.05, 0) is 57.7 Å². The number of alkyl carbamates (subject to hydrolysis) is 1. The number of fused-ring (bicyclic) bond motifs is 1. The smallest absolute Gasteiger partial charge is 0.408 e. The van der Waals surface area contributed by atoms with Crippen LogP contribution >= 0.6 is 11.6 Å². The predicted octanol–water partition coefficient (Wildman–Crippen LogP) is 6.92. The van der Waals surface area contributed by atoms with Gasteiger partial charge in [-0.3, -0.25) is 0 Å². The lowest BCUT2D eigenvalue weighted by Crippen LogP contribution is -2.52. The van der Waals surface area contributed by atoms with Crippen LogP contribution in [0.5, 0.6) is 0 Å². The number of halogens is 1. The number of amides is 1. The van der Waals surface area contributed by atoms with E-state index in [1.165, 1.54) is 0 Å². The molecule has 0 saturated heterocycles. The molecule has 1 fully saturated rings. The second-order valence-corrected chi connectivity index (χ2v) is 10.3. The Morgan fingerprint density at radius 3 is 2.17 bits per heavy atom. The van der Waals surface area contributed by atoms with Crippen molar-refractivity contribution in [1.82, 2.24) is 20.3 Å². The van der Waals surface area contributed by atoms with Gasteiger partial charge in [0.1, 0.15) is 16.3 Å². The van der Waals surface area contributed by atoms with Gasteiger partial charge in [0.2, 0.25) is 0 Å². The highest BCUT2D eigenvalue weighted by atomic mass is 35.5. The zero-order chi connectivity index (χ0) is 24.6. The van der Waals surface area contributed by atoms with E-state index in [-0.39, 0.29) is 0 Å². The Bertz CT molecular complexity index is 1380. The van der Waals surface area contributed by atoms with Crippen LogP contribution in [0.1, 0.15) is 45.6 Å². The van der Waals surface area contributed by atoms with Crippen molar-refractivity contribution in [2.75, 3.05) is 0 Å². The molecular formula is C28H27ClN4O2. The predicted molar refractivity (Wildman–Crippen MR) is 138 cm³/mol. The molecule has 2 aromatic carbocycles. The molecule has 0 spiro atoms. The van der Waals surface area contributed by atoms with Gasteiger partial charge in [0.05, 0.1) is 16.9 Å². The van der Waals surface area contributed by atoms with E-state index in [1.54, 1.807) is 6.07 Å². The largest absolute Gasteiger partial charge is 0.444 e. The summed E-state index contributed by atoms with van der Waals surface area (Å²) in [7, 11) is 0. The van der Waals surface area contributed by atoms with Gasteiger partial charge in [-0.2, -0.15) is 0 Å². The highest BCUT2D eigenvalue weighted by molar-refractivity contribution is 6.29. The number of nitrogens with one attached hydrogen (secondary N) is 1. The van der Waals surface area contributed by atoms with Gasteiger partial charge in [0.25, 0.3) is 0 Å². The second-order valence-electron chi connectivity index (χ2n) is 9.90. The molecule has 35 heavy (non-hydrogen) atoms. The van der Waals surface area contributed by atoms with Crippen molar-refractivity contribution in [1.29, 1.82) is 0 Å². The van der Waals surface area contributed by atoms with Crippen LogP contribution in [0.25, 0.3) is 33.7 Å². The summed E-state index contributed by atoms with van der Waals surface area (Å²) in [6.07, 6.45) is 2.41. The third-order valence-corrected chi connectivity index (χ3v) is 6.41. The summed E-state index contributed by atoms with van der Waals surface area (Å²) in [4.78, 5) is 26.6. The minimum Gasteiger partial charge on any atom is -0.444 e. The Balaban J connectivity index is 1.53. The fourth-order valence-electron chi connectivity index (χ4n) is 4.38. The summed E-state index contributed by atoms with van der Waals surface area (Å²) in [5.41, 5.74) is 4.67. The quantitative estimate of drug-likeness (QED) is 0.317. The minimum absolute atomic E-state index is 0.376. The zero-order valence-electron chi connectivity index (χ0n) is 20.0. The molecule has 0 radical (unpaired) electrons. The van der Waals surface area contributed by atoms with Gasteiger partial charge >= 0.3 is 6.09 Å². The molecule has 1 aliphatic carbocycles. The number of carbonyl (C=O) groups is 1. The molecule has 1 saturated carbocycles. The van der Waals surface area contributed by atoms with Crippen molar-refractivity contribution in [2.45, 2.75) is 51.2 Å². The molecule has 0 unspecified atom stereocenters. The third-order valence-electron chi connectivity index (χ3n) is 6.20. The summed E-state index contributed by atoms with van der Waals surface area (Å²) < 4.78 is 5.51. The number of benzene rings is 2. The van der Waals surface area contributed by atoms with Crippen LogP contribution in [0, 0.1) is 0 Å². The number of aromatic nitrogens is 3. The number of hydrogen-bond acceptors (Lipinski definition) is 5. The minimum atomic E-state index is -0.543. The lowest BCUT2D eigenvalue weighted by Gasteiger charge is -2.43. The molecule has 6 nitrogen and oxygen atoms in total. The van der Waals surface area contributed by atoms with Gasteiger partial charge in [0.15, 0.2) is 5.65 Å². The topological polar surface area (TPSA) is 77.0 Å². The molecule has 178 valence electrons. The van der Waals surface area contributed by atoms with E-state index in [4.69, 9.17) is 26.3 Å². The van der Waals surface area contributed by atoms with E-state index >= 15 is 0 Å². The standard InChI is InChI=1S/C28H27ClN4O2/c1-27(2,3)35-26(34)33-28(16-7-17-28)20-12-10-19(11-13-20)24-23(18-8-5-4-6-9-18)30-21-14-15-22(29)31-25(21)32-24/h4-6,8-15H,7,16-17H2,1-3H3,(H,33,34). The van der Waals surface area contributed by atoms with Crippen LogP contribution < -0.4 is 5.32 Å². The van der Waals surface area contributed by atoms with E-state index in [2.05, 4.69) is 22.4 Å². The lowest BCUT2D eigenvalue weighted by atomic mass is 9.71. The van der Waals surface area contributed by atoms with E-state index in [0.29, 0.717) is 16.3 Å². The second kappa shape index (κ2) is 8.93. The SMILES string of the molecule is CC(C)(C)OC(=O)NC1(c2ccc(-c3nc4nc(Cl)ccc4nc3-c3ccccc3)cc2)CCC1. The van der Waals surface area contributed by atoms with Gasteiger partial charge in [-0.1, -0.05) is 66.2 Å². The van der Waals surface area contributed by atoms with Gasteiger partial charge in [-0.25, -0.2) is 19.7 Å². The van der Waals surface area contributed by atoms with Gasteiger partial charge in [0, 0.05) is 11.1 Å². The van der Waals surface area contributed by atoms with Crippen LogP contribution in [-0.4, -0.2) is 26.6 Å². The highest BCUT2D eigenvalue weighted by Gasteiger charge is 2.41. The first-order valence-electron chi connectivity index (χ1n) is 11.7. The number of nitrogens with zero attached hydrogens (tertiary/aromatic N) is 3. The molecule has 5 rings (SSSR count). The average Bonchev–Trinajstić information content (AvgIpc) is 2.80. The van der Waals surface area contributed by atoms with Crippen molar-refractivity contribution < 1.29 is 9.53 Å². The van der Waals surface area contributed by atoms with E-state index < -0.39 is 17.2 Å². The van der Waals surface area contributed by atoms with E-state index in [9.17, 15) is 4.79 Å². The number of hydrogen-bond donors (Lipinski definition) is 1. The van der Waals surface area contributed by atoms with Gasteiger partial charge in [-0.15, -0.1) is 0 Å². The number of rotatable bonds is 4. The maximum Gasteiger partial charge on any atom is 0.408 e. The molecule has 0 aliphatic heterocycles. The van der Waals surface area contributed by atoms with E-state index in [1.807, 2.05) is 69.3 Å². The summed E-state index contributed by atoms with van der Waals surface area (Å²) >= 11 is 6.13. The summed E-state index contributed by atoms with van der Waals surface area (Å²) in [5.74, 6) is 0. The molecule has 1 amide bonds. The molecule has 0 bridgehead atoms. The average molecular weight is 487 g/mol. The Morgan fingerprint density at radius 2 is 1.54 bits per heavy atom. The van der Waals surface area contributed by atoms with Crippen LogP contribution in [-0.2, 0) is 10.3 Å². The zero-order valence-corrected chi connectivity index (χ0v) is 20.8. The molecule has 2 heterocycles. The highest BCUT2D eigenvalue weighted by Crippen LogP contribution is 2.42. The van der Waals surface area contributed by atoms with Crippen molar-refractivity contribution >= 4 is 28.9 Å². The summed E-state index contributed by atoms with van der Waals surface area (Å²) in [6.45, 7) is 5.60. The fourth-order valence-corrected chi connectivity index (χ4v) is 4.52. The summed E-state index contributed by atoms with van der Waals surface area (Å²) in [6, 6.07) is 21.7. The Labute approximate surface area is 209 Å². The van der Waals surface area contributed by atoms with Gasteiger partial charge < -0.3 is 10.1 Å². The molecule has 1 aliphatic rings. The molecule has 2 aromatic heterocycles. The Kier molecular flexibility index (Phi) is 5.93. The van der Waals surface area contributed by atoms with Crippen LogP contribution in [0.3, 0.4) is 0 Å².